The summed E-state index contributed by atoms with van der Waals surface area (Å²) < 4.78 is 66.4. The van der Waals surface area contributed by atoms with E-state index in [1.54, 1.807) is 18.2 Å². The molecule has 0 aliphatic carbocycles. The molecule has 1 N–H and O–H groups in total. The van der Waals surface area contributed by atoms with Crippen LogP contribution >= 0.6 is 11.6 Å². The molecule has 2 aromatic carbocycles. The topological polar surface area (TPSA) is 59.1 Å². The van der Waals surface area contributed by atoms with E-state index in [4.69, 9.17) is 11.6 Å². The molecule has 128 valence electrons. The molecule has 1 aromatic heterocycles. The standard InChI is InChI=1S/C16H8ClF3N2O2S/c17-10-5-8-1-3-11-12-6-9(16(18,19)20)2-4-13(12)25(23,24)22-15(11)14(8)21-7-10/h1-7,22H. The average Bonchev–Trinajstić information content (AvgIpc) is 2.52. The molecule has 0 spiro atoms. The molecule has 4 nitrogen and oxygen atoms in total. The molecule has 2 heterocycles. The molecule has 0 saturated heterocycles. The molecule has 3 aromatic rings. The number of pyridine rings is 1. The van der Waals surface area contributed by atoms with Crippen LogP contribution in [0.25, 0.3) is 22.0 Å². The van der Waals surface area contributed by atoms with Crippen LogP contribution in [-0.4, -0.2) is 13.4 Å². The lowest BCUT2D eigenvalue weighted by atomic mass is 9.99. The summed E-state index contributed by atoms with van der Waals surface area (Å²) >= 11 is 5.88. The Morgan fingerprint density at radius 1 is 1.04 bits per heavy atom. The third-order valence-corrected chi connectivity index (χ3v) is 5.56. The van der Waals surface area contributed by atoms with Gasteiger partial charge in [0.05, 0.1) is 26.7 Å². The summed E-state index contributed by atoms with van der Waals surface area (Å²) in [7, 11) is -4.01. The number of sulfonamides is 1. The van der Waals surface area contributed by atoms with Gasteiger partial charge in [-0.15, -0.1) is 0 Å². The maximum atomic E-state index is 13.0. The molecular weight excluding hydrogens is 377 g/mol. The Morgan fingerprint density at radius 2 is 1.80 bits per heavy atom. The Bertz CT molecular complexity index is 1140. The van der Waals surface area contributed by atoms with Gasteiger partial charge >= 0.3 is 6.18 Å². The van der Waals surface area contributed by atoms with Crippen LogP contribution in [0.15, 0.2) is 47.5 Å². The maximum Gasteiger partial charge on any atom is 0.416 e. The number of nitrogens with zero attached hydrogens (tertiary/aromatic N) is 1. The maximum absolute atomic E-state index is 13.0. The summed E-state index contributed by atoms with van der Waals surface area (Å²) in [5.74, 6) is 0. The number of anilines is 1. The van der Waals surface area contributed by atoms with Gasteiger partial charge in [0.2, 0.25) is 0 Å². The van der Waals surface area contributed by atoms with Gasteiger partial charge in [0.25, 0.3) is 10.0 Å². The van der Waals surface area contributed by atoms with Crippen LogP contribution in [0.5, 0.6) is 0 Å². The van der Waals surface area contributed by atoms with Crippen molar-refractivity contribution in [2.45, 2.75) is 11.1 Å². The second-order valence-corrected chi connectivity index (χ2v) is 7.61. The minimum absolute atomic E-state index is 0.0118. The van der Waals surface area contributed by atoms with Crippen molar-refractivity contribution in [2.75, 3.05) is 4.72 Å². The van der Waals surface area contributed by atoms with Crippen molar-refractivity contribution in [1.29, 1.82) is 0 Å². The van der Waals surface area contributed by atoms with Gasteiger partial charge < -0.3 is 0 Å². The second kappa shape index (κ2) is 5.09. The number of rotatable bonds is 0. The Balaban J connectivity index is 2.08. The SMILES string of the molecule is O=S1(=O)Nc2c(ccc3cc(Cl)cnc23)-c2cc(C(F)(F)F)ccc21. The lowest BCUT2D eigenvalue weighted by Crippen LogP contribution is -2.20. The van der Waals surface area contributed by atoms with Crippen molar-refractivity contribution in [3.63, 3.8) is 0 Å². The Morgan fingerprint density at radius 3 is 2.52 bits per heavy atom. The number of halogens is 4. The van der Waals surface area contributed by atoms with Crippen molar-refractivity contribution >= 4 is 38.2 Å². The van der Waals surface area contributed by atoms with E-state index in [9.17, 15) is 21.6 Å². The first kappa shape index (κ1) is 16.2. The summed E-state index contributed by atoms with van der Waals surface area (Å²) in [6.07, 6.45) is -3.23. The fourth-order valence-electron chi connectivity index (χ4n) is 2.84. The minimum atomic E-state index is -4.58. The monoisotopic (exact) mass is 384 g/mol. The van der Waals surface area contributed by atoms with Crippen LogP contribution < -0.4 is 4.72 Å². The van der Waals surface area contributed by atoms with Gasteiger partial charge in [-0.1, -0.05) is 23.7 Å². The molecule has 0 fully saturated rings. The van der Waals surface area contributed by atoms with Gasteiger partial charge in [-0.3, -0.25) is 9.71 Å². The number of hydrogen-bond acceptors (Lipinski definition) is 3. The fraction of sp³-hybridized carbons (Fsp3) is 0.0625. The Labute approximate surface area is 145 Å². The molecule has 0 saturated carbocycles. The van der Waals surface area contributed by atoms with Gasteiger partial charge in [0, 0.05) is 22.7 Å². The largest absolute Gasteiger partial charge is 0.416 e. The number of nitrogens with one attached hydrogen (secondary N) is 1. The molecule has 1 aliphatic heterocycles. The molecule has 0 unspecified atom stereocenters. The predicted molar refractivity (Wildman–Crippen MR) is 88.0 cm³/mol. The number of fused-ring (bicyclic) bond motifs is 5. The zero-order valence-electron chi connectivity index (χ0n) is 12.2. The first-order valence-electron chi connectivity index (χ1n) is 6.99. The van der Waals surface area contributed by atoms with Crippen molar-refractivity contribution < 1.29 is 21.6 Å². The Kier molecular flexibility index (Phi) is 3.29. The van der Waals surface area contributed by atoms with Gasteiger partial charge in [-0.2, -0.15) is 13.2 Å². The third-order valence-electron chi connectivity index (χ3n) is 3.94. The van der Waals surface area contributed by atoms with Crippen LogP contribution in [0.2, 0.25) is 5.02 Å². The van der Waals surface area contributed by atoms with Crippen molar-refractivity contribution in [1.82, 2.24) is 4.98 Å². The molecule has 0 amide bonds. The number of alkyl halides is 3. The highest BCUT2D eigenvalue weighted by Gasteiger charge is 2.35. The van der Waals surface area contributed by atoms with E-state index in [-0.39, 0.29) is 16.1 Å². The summed E-state index contributed by atoms with van der Waals surface area (Å²) in [4.78, 5) is 3.92. The van der Waals surface area contributed by atoms with E-state index in [0.717, 1.165) is 18.2 Å². The van der Waals surface area contributed by atoms with Crippen LogP contribution in [0.4, 0.5) is 18.9 Å². The van der Waals surface area contributed by atoms with Crippen molar-refractivity contribution in [2.24, 2.45) is 0 Å². The van der Waals surface area contributed by atoms with E-state index in [2.05, 4.69) is 9.71 Å². The highest BCUT2D eigenvalue weighted by molar-refractivity contribution is 7.93. The van der Waals surface area contributed by atoms with E-state index in [1.807, 2.05) is 0 Å². The fourth-order valence-corrected chi connectivity index (χ4v) is 4.30. The number of hydrogen-bond donors (Lipinski definition) is 1. The molecule has 1 aliphatic rings. The van der Waals surface area contributed by atoms with Gasteiger partial charge in [-0.05, 0) is 24.3 Å². The lowest BCUT2D eigenvalue weighted by Gasteiger charge is -2.23. The normalized spacial score (nSPS) is 15.4. The molecule has 25 heavy (non-hydrogen) atoms. The van der Waals surface area contributed by atoms with Crippen molar-refractivity contribution in [3.8, 4) is 11.1 Å². The summed E-state index contributed by atoms with van der Waals surface area (Å²) in [5, 5.41) is 0.940. The Hall–Kier alpha value is -2.32. The van der Waals surface area contributed by atoms with E-state index in [0.29, 0.717) is 21.5 Å². The quantitative estimate of drug-likeness (QED) is 0.611. The van der Waals surface area contributed by atoms with Crippen LogP contribution in [-0.2, 0) is 16.2 Å². The van der Waals surface area contributed by atoms with Crippen LogP contribution in [0.3, 0.4) is 0 Å². The second-order valence-electron chi connectivity index (χ2n) is 5.53. The molecule has 0 atom stereocenters. The molecular formula is C16H8ClF3N2O2S. The highest BCUT2D eigenvalue weighted by Crippen LogP contribution is 2.44. The van der Waals surface area contributed by atoms with Gasteiger partial charge in [-0.25, -0.2) is 8.42 Å². The predicted octanol–water partition coefficient (Wildman–Crippen LogP) is 4.69. The summed E-state index contributed by atoms with van der Waals surface area (Å²) in [5.41, 5.74) is -0.145. The lowest BCUT2D eigenvalue weighted by molar-refractivity contribution is -0.137. The smallest absolute Gasteiger partial charge is 0.277 e. The highest BCUT2D eigenvalue weighted by atomic mass is 35.5. The summed E-state index contributed by atoms with van der Waals surface area (Å²) in [6, 6.07) is 7.34. The molecule has 9 heteroatoms. The van der Waals surface area contributed by atoms with E-state index < -0.39 is 21.8 Å². The minimum Gasteiger partial charge on any atom is -0.277 e. The zero-order valence-corrected chi connectivity index (χ0v) is 13.8. The zero-order chi connectivity index (χ0) is 18.0. The number of benzene rings is 2. The molecule has 4 rings (SSSR count). The number of aromatic nitrogens is 1. The average molecular weight is 385 g/mol. The molecule has 0 bridgehead atoms. The van der Waals surface area contributed by atoms with E-state index >= 15 is 0 Å². The van der Waals surface area contributed by atoms with Crippen molar-refractivity contribution in [3.05, 3.63) is 53.2 Å². The van der Waals surface area contributed by atoms with Crippen LogP contribution in [0.1, 0.15) is 5.56 Å². The van der Waals surface area contributed by atoms with Gasteiger partial charge in [0.15, 0.2) is 0 Å². The van der Waals surface area contributed by atoms with E-state index in [1.165, 1.54) is 6.20 Å². The first-order valence-corrected chi connectivity index (χ1v) is 8.86. The van der Waals surface area contributed by atoms with Gasteiger partial charge in [0.1, 0.15) is 0 Å². The molecule has 0 radical (unpaired) electrons. The van der Waals surface area contributed by atoms with Crippen LogP contribution in [0, 0.1) is 0 Å². The first-order chi connectivity index (χ1) is 11.7. The summed E-state index contributed by atoms with van der Waals surface area (Å²) in [6.45, 7) is 0. The third kappa shape index (κ3) is 2.52.